The molecule has 6 heteroatoms. The second-order valence-electron chi connectivity index (χ2n) is 7.14. The molecule has 0 saturated heterocycles. The van der Waals surface area contributed by atoms with Gasteiger partial charge in [-0.25, -0.2) is 9.07 Å². The number of amides is 1. The topological polar surface area (TPSA) is 70.7 Å². The number of carbonyl (C=O) groups excluding carboxylic acids is 1. The largest absolute Gasteiger partial charge is 0.331 e. The molecule has 3 aromatic rings. The van der Waals surface area contributed by atoms with Crippen LogP contribution in [0.1, 0.15) is 52.6 Å². The Hall–Kier alpha value is -3.46. The summed E-state index contributed by atoms with van der Waals surface area (Å²) in [5.74, 6) is -0.972. The van der Waals surface area contributed by atoms with Crippen molar-refractivity contribution in [2.75, 3.05) is 0 Å². The Morgan fingerprint density at radius 2 is 1.79 bits per heavy atom. The van der Waals surface area contributed by atoms with Crippen molar-refractivity contribution >= 4 is 5.91 Å². The van der Waals surface area contributed by atoms with Gasteiger partial charge in [0.2, 0.25) is 0 Å². The first-order valence-corrected chi connectivity index (χ1v) is 9.80. The molecule has 0 radical (unpaired) electrons. The summed E-state index contributed by atoms with van der Waals surface area (Å²) in [5, 5.41) is 16.8. The Morgan fingerprint density at radius 1 is 1.07 bits per heavy atom. The van der Waals surface area contributed by atoms with Gasteiger partial charge >= 0.3 is 0 Å². The summed E-state index contributed by atoms with van der Waals surface area (Å²) in [6.45, 7) is 0. The smallest absolute Gasteiger partial charge is 0.273 e. The fourth-order valence-corrected chi connectivity index (χ4v) is 3.83. The minimum Gasteiger partial charge on any atom is -0.331 e. The van der Waals surface area contributed by atoms with E-state index >= 15 is 0 Å². The SMILES string of the molecule is N#CC(NC(=O)c1nn(-c2ccccc2)c2c1CCCCC2)c1ccccc1F. The van der Waals surface area contributed by atoms with E-state index in [-0.39, 0.29) is 5.56 Å². The van der Waals surface area contributed by atoms with E-state index in [0.29, 0.717) is 5.69 Å². The molecule has 1 aromatic heterocycles. The molecule has 0 saturated carbocycles. The van der Waals surface area contributed by atoms with E-state index in [1.165, 1.54) is 12.1 Å². The van der Waals surface area contributed by atoms with Crippen LogP contribution in [-0.2, 0) is 12.8 Å². The summed E-state index contributed by atoms with van der Waals surface area (Å²) in [7, 11) is 0. The maximum absolute atomic E-state index is 14.1. The zero-order valence-corrected chi connectivity index (χ0v) is 15.9. The van der Waals surface area contributed by atoms with Gasteiger partial charge in [-0.15, -0.1) is 0 Å². The fraction of sp³-hybridized carbons (Fsp3) is 0.261. The molecule has 1 atom stereocenters. The van der Waals surface area contributed by atoms with Crippen LogP contribution in [0, 0.1) is 17.1 Å². The van der Waals surface area contributed by atoms with Crippen LogP contribution in [0.3, 0.4) is 0 Å². The lowest BCUT2D eigenvalue weighted by atomic mass is 10.1. The molecule has 1 unspecified atom stereocenters. The third-order valence-corrected chi connectivity index (χ3v) is 5.27. The van der Waals surface area contributed by atoms with Gasteiger partial charge in [0.05, 0.1) is 11.8 Å². The summed E-state index contributed by atoms with van der Waals surface area (Å²) in [5.41, 5.74) is 3.34. The lowest BCUT2D eigenvalue weighted by molar-refractivity contribution is 0.0938. The summed E-state index contributed by atoms with van der Waals surface area (Å²) in [6.07, 6.45) is 4.74. The van der Waals surface area contributed by atoms with Crippen LogP contribution in [0.4, 0.5) is 4.39 Å². The summed E-state index contributed by atoms with van der Waals surface area (Å²) in [4.78, 5) is 13.1. The van der Waals surface area contributed by atoms with Gasteiger partial charge in [-0.1, -0.05) is 42.8 Å². The van der Waals surface area contributed by atoms with E-state index in [4.69, 9.17) is 0 Å². The molecule has 2 aromatic carbocycles. The number of aromatic nitrogens is 2. The van der Waals surface area contributed by atoms with Crippen LogP contribution in [0.2, 0.25) is 0 Å². The number of nitriles is 1. The van der Waals surface area contributed by atoms with Crippen molar-refractivity contribution in [1.29, 1.82) is 5.26 Å². The molecule has 146 valence electrons. The molecule has 1 aliphatic rings. The number of hydrogen-bond acceptors (Lipinski definition) is 3. The maximum Gasteiger partial charge on any atom is 0.273 e. The van der Waals surface area contributed by atoms with E-state index in [1.807, 2.05) is 41.1 Å². The van der Waals surface area contributed by atoms with Gasteiger partial charge in [-0.3, -0.25) is 4.79 Å². The monoisotopic (exact) mass is 388 g/mol. The molecule has 1 aliphatic carbocycles. The normalized spacial score (nSPS) is 14.3. The summed E-state index contributed by atoms with van der Waals surface area (Å²) < 4.78 is 15.9. The summed E-state index contributed by atoms with van der Waals surface area (Å²) >= 11 is 0. The molecule has 0 fully saturated rings. The van der Waals surface area contributed by atoms with E-state index in [0.717, 1.165) is 49.0 Å². The molecule has 1 heterocycles. The number of nitrogens with zero attached hydrogens (tertiary/aromatic N) is 3. The number of hydrogen-bond donors (Lipinski definition) is 1. The first kappa shape index (κ1) is 18.9. The Kier molecular flexibility index (Phi) is 5.39. The molecule has 0 aliphatic heterocycles. The van der Waals surface area contributed by atoms with Crippen LogP contribution in [0.15, 0.2) is 54.6 Å². The van der Waals surface area contributed by atoms with Crippen LogP contribution in [0.5, 0.6) is 0 Å². The number of halogens is 1. The standard InChI is InChI=1S/C23H21FN4O/c24-19-13-8-7-11-17(19)20(15-25)26-23(29)22-18-12-5-2-6-14-21(18)28(27-22)16-9-3-1-4-10-16/h1,3-4,7-11,13,20H,2,5-6,12,14H2,(H,26,29). The lowest BCUT2D eigenvalue weighted by Crippen LogP contribution is -2.29. The first-order valence-electron chi connectivity index (χ1n) is 9.80. The Morgan fingerprint density at radius 3 is 2.55 bits per heavy atom. The minimum absolute atomic E-state index is 0.150. The fourth-order valence-electron chi connectivity index (χ4n) is 3.83. The van der Waals surface area contributed by atoms with Crippen LogP contribution in [-0.4, -0.2) is 15.7 Å². The third kappa shape index (κ3) is 3.77. The number of nitrogens with one attached hydrogen (secondary N) is 1. The van der Waals surface area contributed by atoms with Gasteiger partial charge in [0.25, 0.3) is 5.91 Å². The Labute approximate surface area is 168 Å². The van der Waals surface area contributed by atoms with E-state index in [1.54, 1.807) is 12.1 Å². The highest BCUT2D eigenvalue weighted by Crippen LogP contribution is 2.27. The van der Waals surface area contributed by atoms with Crippen molar-refractivity contribution in [3.05, 3.63) is 82.9 Å². The number of carbonyl (C=O) groups is 1. The average Bonchev–Trinajstić information content (AvgIpc) is 2.94. The maximum atomic E-state index is 14.1. The second kappa shape index (κ2) is 8.27. The molecular formula is C23H21FN4O. The zero-order valence-electron chi connectivity index (χ0n) is 15.9. The molecule has 1 N–H and O–H groups in total. The van der Waals surface area contributed by atoms with Gasteiger partial charge in [0, 0.05) is 16.8 Å². The number of fused-ring (bicyclic) bond motifs is 1. The highest BCUT2D eigenvalue weighted by molar-refractivity contribution is 5.94. The molecule has 29 heavy (non-hydrogen) atoms. The van der Waals surface area contributed by atoms with Crippen molar-refractivity contribution in [1.82, 2.24) is 15.1 Å². The Balaban J connectivity index is 1.71. The van der Waals surface area contributed by atoms with Gasteiger partial charge in [0.1, 0.15) is 11.9 Å². The molecular weight excluding hydrogens is 367 g/mol. The third-order valence-electron chi connectivity index (χ3n) is 5.27. The number of benzene rings is 2. The zero-order chi connectivity index (χ0) is 20.2. The number of para-hydroxylation sites is 1. The lowest BCUT2D eigenvalue weighted by Gasteiger charge is -2.12. The molecule has 0 spiro atoms. The van der Waals surface area contributed by atoms with Crippen LogP contribution in [0.25, 0.3) is 5.69 Å². The second-order valence-corrected chi connectivity index (χ2v) is 7.14. The highest BCUT2D eigenvalue weighted by atomic mass is 19.1. The molecule has 0 bridgehead atoms. The molecule has 5 nitrogen and oxygen atoms in total. The van der Waals surface area contributed by atoms with Gasteiger partial charge in [-0.05, 0) is 43.9 Å². The molecule has 4 rings (SSSR count). The van der Waals surface area contributed by atoms with Gasteiger partial charge < -0.3 is 5.32 Å². The van der Waals surface area contributed by atoms with Crippen LogP contribution >= 0.6 is 0 Å². The van der Waals surface area contributed by atoms with Crippen molar-refractivity contribution in [3.63, 3.8) is 0 Å². The van der Waals surface area contributed by atoms with E-state index in [9.17, 15) is 14.4 Å². The minimum atomic E-state index is -1.08. The van der Waals surface area contributed by atoms with E-state index in [2.05, 4.69) is 10.4 Å². The quantitative estimate of drug-likeness (QED) is 0.679. The van der Waals surface area contributed by atoms with Crippen molar-refractivity contribution in [3.8, 4) is 11.8 Å². The highest BCUT2D eigenvalue weighted by Gasteiger charge is 2.27. The summed E-state index contributed by atoms with van der Waals surface area (Å²) in [6, 6.07) is 16.6. The Bertz CT molecular complexity index is 1070. The average molecular weight is 388 g/mol. The molecule has 1 amide bonds. The van der Waals surface area contributed by atoms with Crippen LogP contribution < -0.4 is 5.32 Å². The van der Waals surface area contributed by atoms with Gasteiger partial charge in [0.15, 0.2) is 5.69 Å². The predicted octanol–water partition coefficient (Wildman–Crippen LogP) is 4.27. The van der Waals surface area contributed by atoms with Crippen molar-refractivity contribution in [2.45, 2.75) is 38.1 Å². The first-order chi connectivity index (χ1) is 14.2. The van der Waals surface area contributed by atoms with Crippen molar-refractivity contribution < 1.29 is 9.18 Å². The van der Waals surface area contributed by atoms with E-state index < -0.39 is 17.8 Å². The number of rotatable bonds is 4. The van der Waals surface area contributed by atoms with Gasteiger partial charge in [-0.2, -0.15) is 10.4 Å². The predicted molar refractivity (Wildman–Crippen MR) is 107 cm³/mol. The van der Waals surface area contributed by atoms with Crippen molar-refractivity contribution in [2.24, 2.45) is 0 Å².